The van der Waals surface area contributed by atoms with Gasteiger partial charge < -0.3 is 23.7 Å². The average Bonchev–Trinajstić information content (AvgIpc) is 3.17. The monoisotopic (exact) mass is 560 g/mol. The molecule has 0 spiro atoms. The first-order valence-electron chi connectivity index (χ1n) is 13.0. The van der Waals surface area contributed by atoms with Gasteiger partial charge >= 0.3 is 11.9 Å². The largest absolute Gasteiger partial charge is 0.501 e. The lowest BCUT2D eigenvalue weighted by Crippen LogP contribution is -2.08. The van der Waals surface area contributed by atoms with Crippen molar-refractivity contribution in [1.29, 1.82) is 0 Å². The summed E-state index contributed by atoms with van der Waals surface area (Å²) in [5.74, 6) is 2.03. The number of aldehydes is 1. The molecule has 1 aliphatic rings. The quantitative estimate of drug-likeness (QED) is 0.128. The second-order valence-corrected chi connectivity index (χ2v) is 8.71. The molecule has 0 aliphatic heterocycles. The molecule has 2 aromatic rings. The van der Waals surface area contributed by atoms with Crippen LogP contribution < -0.4 is 9.47 Å². The van der Waals surface area contributed by atoms with Crippen LogP contribution in [0.15, 0.2) is 103 Å². The van der Waals surface area contributed by atoms with Gasteiger partial charge in [0.25, 0.3) is 0 Å². The number of hydrogen-bond acceptors (Lipinski definition) is 8. The third kappa shape index (κ3) is 13.2. The Kier molecular flexibility index (Phi) is 14.6. The Morgan fingerprint density at radius 1 is 0.927 bits per heavy atom. The Balaban J connectivity index is 0.000000408. The number of benzene rings is 2. The van der Waals surface area contributed by atoms with Crippen molar-refractivity contribution in [1.82, 2.24) is 0 Å². The highest BCUT2D eigenvalue weighted by Crippen LogP contribution is 2.20. The summed E-state index contributed by atoms with van der Waals surface area (Å²) < 4.78 is 26.1. The lowest BCUT2D eigenvalue weighted by molar-refractivity contribution is -0.139. The van der Waals surface area contributed by atoms with Crippen molar-refractivity contribution in [2.24, 2.45) is 0 Å². The zero-order chi connectivity index (χ0) is 29.9. The molecule has 0 bridgehead atoms. The Morgan fingerprint density at radius 3 is 2.27 bits per heavy atom. The van der Waals surface area contributed by atoms with Gasteiger partial charge in [0.15, 0.2) is 0 Å². The zero-order valence-corrected chi connectivity index (χ0v) is 23.7. The first kappa shape index (κ1) is 32.4. The molecule has 0 heterocycles. The van der Waals surface area contributed by atoms with Crippen LogP contribution in [-0.4, -0.2) is 45.7 Å². The van der Waals surface area contributed by atoms with E-state index < -0.39 is 5.97 Å². The summed E-state index contributed by atoms with van der Waals surface area (Å²) in [5.41, 5.74) is 2.86. The molecular formula is C33H36O8. The van der Waals surface area contributed by atoms with Crippen molar-refractivity contribution in [2.45, 2.75) is 26.2 Å². The summed E-state index contributed by atoms with van der Waals surface area (Å²) in [5, 5.41) is 0. The molecule has 1 aliphatic carbocycles. The fraction of sp³-hybridized carbons (Fsp3) is 0.242. The minimum Gasteiger partial charge on any atom is -0.501 e. The molecule has 3 rings (SSSR count). The minimum atomic E-state index is -0.443. The number of rotatable bonds is 13. The van der Waals surface area contributed by atoms with Gasteiger partial charge in [0.2, 0.25) is 0 Å². The Morgan fingerprint density at radius 2 is 1.63 bits per heavy atom. The fourth-order valence-electron chi connectivity index (χ4n) is 3.44. The third-order valence-corrected chi connectivity index (χ3v) is 5.49. The van der Waals surface area contributed by atoms with Gasteiger partial charge in [0.1, 0.15) is 23.5 Å². The third-order valence-electron chi connectivity index (χ3n) is 5.49. The van der Waals surface area contributed by atoms with Gasteiger partial charge in [-0.2, -0.15) is 0 Å². The maximum Gasteiger partial charge on any atom is 0.330 e. The van der Waals surface area contributed by atoms with E-state index in [4.69, 9.17) is 23.7 Å². The molecule has 0 saturated heterocycles. The molecule has 0 radical (unpaired) electrons. The number of carbonyl (C=O) groups is 3. The van der Waals surface area contributed by atoms with E-state index in [1.807, 2.05) is 49.4 Å². The van der Waals surface area contributed by atoms with Crippen molar-refractivity contribution >= 4 is 24.3 Å². The lowest BCUT2D eigenvalue weighted by Gasteiger charge is -2.08. The van der Waals surface area contributed by atoms with E-state index >= 15 is 0 Å². The molecule has 0 amide bonds. The molecular weight excluding hydrogens is 524 g/mol. The molecule has 0 saturated carbocycles. The van der Waals surface area contributed by atoms with Crippen molar-refractivity contribution in [3.8, 4) is 11.5 Å². The fourth-order valence-corrected chi connectivity index (χ4v) is 3.44. The zero-order valence-electron chi connectivity index (χ0n) is 23.7. The average molecular weight is 561 g/mol. The van der Waals surface area contributed by atoms with Crippen LogP contribution in [0, 0.1) is 0 Å². The molecule has 0 aromatic heterocycles. The normalized spacial score (nSPS) is 12.3. The van der Waals surface area contributed by atoms with Crippen molar-refractivity contribution in [2.75, 3.05) is 27.4 Å². The van der Waals surface area contributed by atoms with Crippen molar-refractivity contribution in [3.63, 3.8) is 0 Å². The molecule has 8 nitrogen and oxygen atoms in total. The number of methoxy groups -OCH3 is 2. The van der Waals surface area contributed by atoms with E-state index in [0.29, 0.717) is 31.0 Å². The summed E-state index contributed by atoms with van der Waals surface area (Å²) >= 11 is 0. The molecule has 216 valence electrons. The SMILES string of the molecule is C=CC(=O)OCCCOc1ccc(CC(=O)OC2=CC=C(OC)CC(C)=C2)cc1.COc1ccc(/C=C/C=O)cc1. The standard InChI is InChI=1S/C23H26O6.C10H10O2/c1-4-22(24)28-13-5-12-27-19-8-6-18(7-9-19)16-23(25)29-21-11-10-20(26-3)14-17(2)15-21;1-12-10-6-4-9(5-7-10)3-2-8-11/h4,6-11,15H,1,5,12-14,16H2,2-3H3;2-8H,1H3/b;3-2+. The number of allylic oxidation sites excluding steroid dienone is 5. The van der Waals surface area contributed by atoms with Crippen LogP contribution >= 0.6 is 0 Å². The van der Waals surface area contributed by atoms with Gasteiger partial charge in [0.05, 0.1) is 39.6 Å². The van der Waals surface area contributed by atoms with E-state index in [-0.39, 0.29) is 19.0 Å². The van der Waals surface area contributed by atoms with Crippen LogP contribution in [0.25, 0.3) is 6.08 Å². The smallest absolute Gasteiger partial charge is 0.330 e. The van der Waals surface area contributed by atoms with Crippen molar-refractivity contribution in [3.05, 3.63) is 114 Å². The van der Waals surface area contributed by atoms with Gasteiger partial charge in [-0.25, -0.2) is 4.79 Å². The van der Waals surface area contributed by atoms with E-state index in [1.165, 1.54) is 6.08 Å². The molecule has 0 atom stereocenters. The highest BCUT2D eigenvalue weighted by Gasteiger charge is 2.10. The maximum absolute atomic E-state index is 12.2. The van der Waals surface area contributed by atoms with Crippen LogP contribution in [-0.2, 0) is 35.0 Å². The topological polar surface area (TPSA) is 97.4 Å². The van der Waals surface area contributed by atoms with Crippen LogP contribution in [0.4, 0.5) is 0 Å². The Bertz CT molecular complexity index is 1270. The number of hydrogen-bond donors (Lipinski definition) is 0. The van der Waals surface area contributed by atoms with E-state index in [2.05, 4.69) is 6.58 Å². The number of carbonyl (C=O) groups excluding carboxylic acids is 3. The molecule has 0 N–H and O–H groups in total. The lowest BCUT2D eigenvalue weighted by atomic mass is 10.1. The predicted molar refractivity (Wildman–Crippen MR) is 157 cm³/mol. The van der Waals surface area contributed by atoms with Crippen molar-refractivity contribution < 1.29 is 38.1 Å². The highest BCUT2D eigenvalue weighted by atomic mass is 16.5. The second kappa shape index (κ2) is 18.4. The second-order valence-electron chi connectivity index (χ2n) is 8.71. The van der Waals surface area contributed by atoms with Crippen LogP contribution in [0.5, 0.6) is 11.5 Å². The summed E-state index contributed by atoms with van der Waals surface area (Å²) in [7, 11) is 3.24. The summed E-state index contributed by atoms with van der Waals surface area (Å²) in [4.78, 5) is 33.1. The Labute approximate surface area is 241 Å². The van der Waals surface area contributed by atoms with Gasteiger partial charge in [0, 0.05) is 18.9 Å². The van der Waals surface area contributed by atoms with Gasteiger partial charge in [-0.05, 0) is 66.6 Å². The molecule has 0 fully saturated rings. The van der Waals surface area contributed by atoms with Gasteiger partial charge in [-0.3, -0.25) is 9.59 Å². The summed E-state index contributed by atoms with van der Waals surface area (Å²) in [6.45, 7) is 5.99. The van der Waals surface area contributed by atoms with Gasteiger partial charge in [-0.15, -0.1) is 0 Å². The summed E-state index contributed by atoms with van der Waals surface area (Å²) in [6.07, 6.45) is 11.9. The molecule has 8 heteroatoms. The number of ether oxygens (including phenoxy) is 5. The molecule has 41 heavy (non-hydrogen) atoms. The first-order valence-corrected chi connectivity index (χ1v) is 13.0. The predicted octanol–water partition coefficient (Wildman–Crippen LogP) is 5.94. The van der Waals surface area contributed by atoms with E-state index in [9.17, 15) is 14.4 Å². The number of esters is 2. The van der Waals surface area contributed by atoms with Crippen LogP contribution in [0.3, 0.4) is 0 Å². The van der Waals surface area contributed by atoms with Gasteiger partial charge in [-0.1, -0.05) is 42.5 Å². The van der Waals surface area contributed by atoms with E-state index in [0.717, 1.165) is 40.6 Å². The molecule has 0 unspecified atom stereocenters. The van der Waals surface area contributed by atoms with Crippen LogP contribution in [0.2, 0.25) is 0 Å². The minimum absolute atomic E-state index is 0.156. The van der Waals surface area contributed by atoms with Crippen LogP contribution in [0.1, 0.15) is 30.9 Å². The van der Waals surface area contributed by atoms with E-state index in [1.54, 1.807) is 44.6 Å². The first-order chi connectivity index (χ1) is 19.9. The highest BCUT2D eigenvalue weighted by molar-refractivity contribution is 5.81. The maximum atomic E-state index is 12.2. The Hall–Kier alpha value is -4.85. The summed E-state index contributed by atoms with van der Waals surface area (Å²) in [6, 6.07) is 14.7. The molecule has 2 aromatic carbocycles.